The smallest absolute Gasteiger partial charge is 0.326 e. The molecule has 2 amide bonds. The van der Waals surface area contributed by atoms with E-state index < -0.39 is 59.2 Å². The molecule has 9 nitrogen and oxygen atoms in total. The molecule has 52 heavy (non-hydrogen) atoms. The van der Waals surface area contributed by atoms with Crippen LogP contribution in [0.5, 0.6) is 0 Å². The number of carbonyl (C=O) groups is 5. The van der Waals surface area contributed by atoms with Gasteiger partial charge in [-0.25, -0.2) is 4.79 Å². The van der Waals surface area contributed by atoms with Crippen LogP contribution in [0.2, 0.25) is 0 Å². The number of ether oxygens (including phenoxy) is 1. The van der Waals surface area contributed by atoms with Crippen molar-refractivity contribution < 1.29 is 33.8 Å². The average Bonchev–Trinajstić information content (AvgIpc) is 3.10. The number of rotatable bonds is 24. The van der Waals surface area contributed by atoms with Gasteiger partial charge in [-0.2, -0.15) is 0 Å². The number of hydrogen-bond donors (Lipinski definition) is 3. The molecular formula is C43H64N2O7. The molecule has 2 rings (SSSR count). The van der Waals surface area contributed by atoms with Gasteiger partial charge in [0.1, 0.15) is 12.1 Å². The highest BCUT2D eigenvalue weighted by Crippen LogP contribution is 2.24. The molecule has 9 heteroatoms. The van der Waals surface area contributed by atoms with Crippen molar-refractivity contribution in [1.82, 2.24) is 10.6 Å². The second-order valence-corrected chi connectivity index (χ2v) is 15.2. The van der Waals surface area contributed by atoms with Crippen molar-refractivity contribution in [3.8, 4) is 11.1 Å². The lowest BCUT2D eigenvalue weighted by Crippen LogP contribution is -2.53. The van der Waals surface area contributed by atoms with Crippen molar-refractivity contribution in [2.45, 2.75) is 156 Å². The first-order chi connectivity index (χ1) is 24.6. The maximum atomic E-state index is 13.9. The highest BCUT2D eigenvalue weighted by Gasteiger charge is 2.35. The molecule has 0 bridgehead atoms. The molecule has 0 aromatic heterocycles. The summed E-state index contributed by atoms with van der Waals surface area (Å²) in [5.74, 6) is -4.12. The predicted molar refractivity (Wildman–Crippen MR) is 207 cm³/mol. The highest BCUT2D eigenvalue weighted by atomic mass is 16.5. The lowest BCUT2D eigenvalue weighted by molar-refractivity contribution is -0.143. The fraction of sp³-hybridized carbons (Fsp3) is 0.605. The Balaban J connectivity index is 2.20. The molecule has 288 valence electrons. The van der Waals surface area contributed by atoms with Gasteiger partial charge in [0.05, 0.1) is 11.7 Å². The minimum absolute atomic E-state index is 0.0137. The summed E-state index contributed by atoms with van der Waals surface area (Å²) in [4.78, 5) is 66.0. The number of benzene rings is 2. The lowest BCUT2D eigenvalue weighted by Gasteiger charge is -2.32. The zero-order valence-corrected chi connectivity index (χ0v) is 32.9. The zero-order valence-electron chi connectivity index (χ0n) is 32.9. The van der Waals surface area contributed by atoms with Crippen LogP contribution < -0.4 is 10.6 Å². The van der Waals surface area contributed by atoms with E-state index in [-0.39, 0.29) is 18.6 Å². The number of hydrogen-bond acceptors (Lipinski definition) is 6. The van der Waals surface area contributed by atoms with Crippen LogP contribution >= 0.6 is 0 Å². The van der Waals surface area contributed by atoms with Crippen LogP contribution in [0.15, 0.2) is 48.5 Å². The van der Waals surface area contributed by atoms with Crippen molar-refractivity contribution in [1.29, 1.82) is 0 Å². The minimum Gasteiger partial charge on any atom is -0.480 e. The number of aryl methyl sites for hydroxylation is 1. The van der Waals surface area contributed by atoms with E-state index in [1.807, 2.05) is 46.8 Å². The third-order valence-corrected chi connectivity index (χ3v) is 9.34. The summed E-state index contributed by atoms with van der Waals surface area (Å²) in [7, 11) is 0. The first kappa shape index (κ1) is 44.3. The van der Waals surface area contributed by atoms with Crippen molar-refractivity contribution in [2.75, 3.05) is 0 Å². The summed E-state index contributed by atoms with van der Waals surface area (Å²) < 4.78 is 6.12. The topological polar surface area (TPSA) is 139 Å². The summed E-state index contributed by atoms with van der Waals surface area (Å²) >= 11 is 0. The number of carboxylic acid groups (broad SMARTS) is 1. The monoisotopic (exact) mass is 720 g/mol. The van der Waals surface area contributed by atoms with Crippen molar-refractivity contribution >= 4 is 29.4 Å². The van der Waals surface area contributed by atoms with Gasteiger partial charge in [0.25, 0.3) is 0 Å². The zero-order chi connectivity index (χ0) is 38.8. The van der Waals surface area contributed by atoms with Gasteiger partial charge in [-0.05, 0) is 70.1 Å². The number of Topliss-reactive ketones (excluding diaryl/α,β-unsaturated/α-hetero) is 2. The second kappa shape index (κ2) is 22.3. The number of ketones is 2. The van der Waals surface area contributed by atoms with Crippen molar-refractivity contribution in [2.24, 2.45) is 11.8 Å². The van der Waals surface area contributed by atoms with E-state index in [4.69, 9.17) is 4.74 Å². The fourth-order valence-corrected chi connectivity index (χ4v) is 6.26. The molecule has 0 fully saturated rings. The Morgan fingerprint density at radius 1 is 0.712 bits per heavy atom. The predicted octanol–water partition coefficient (Wildman–Crippen LogP) is 8.51. The molecule has 2 aromatic rings. The Hall–Kier alpha value is -3.85. The van der Waals surface area contributed by atoms with Crippen LogP contribution in [0.25, 0.3) is 11.1 Å². The first-order valence-corrected chi connectivity index (χ1v) is 19.4. The van der Waals surface area contributed by atoms with Gasteiger partial charge in [0.2, 0.25) is 11.8 Å². The van der Waals surface area contributed by atoms with Crippen LogP contribution in [-0.2, 0) is 30.3 Å². The van der Waals surface area contributed by atoms with E-state index in [1.54, 1.807) is 26.0 Å². The third kappa shape index (κ3) is 15.4. The molecule has 0 saturated heterocycles. The Morgan fingerprint density at radius 3 is 1.83 bits per heavy atom. The SMILES string of the molecule is CCCCC[C@H](NC(=O)[C@H](C)CC(=O)[C@@H](NC(=O)[C@H](CCCC)CC(=O)c1ccc(-c2ccc(CCCC)cc2)cc1)[C@@H](C)OC(C)(C)C)C(=O)O. The number of carboxylic acids is 1. The van der Waals surface area contributed by atoms with Crippen molar-refractivity contribution in [3.05, 3.63) is 59.7 Å². The number of carbonyl (C=O) groups excluding carboxylic acids is 4. The lowest BCUT2D eigenvalue weighted by atomic mass is 9.90. The summed E-state index contributed by atoms with van der Waals surface area (Å²) in [5, 5.41) is 15.1. The molecule has 0 aliphatic carbocycles. The number of aliphatic carboxylic acids is 1. The summed E-state index contributed by atoms with van der Waals surface area (Å²) in [5.41, 5.74) is 3.27. The number of unbranched alkanes of at least 4 members (excludes halogenated alkanes) is 4. The van der Waals surface area contributed by atoms with Crippen LogP contribution in [0.1, 0.15) is 142 Å². The molecule has 0 unspecified atom stereocenters. The molecule has 3 N–H and O–H groups in total. The Morgan fingerprint density at radius 2 is 1.29 bits per heavy atom. The summed E-state index contributed by atoms with van der Waals surface area (Å²) in [6.07, 6.45) is 7.17. The highest BCUT2D eigenvalue weighted by molar-refractivity contribution is 6.00. The van der Waals surface area contributed by atoms with E-state index in [1.165, 1.54) is 5.56 Å². The molecule has 2 aromatic carbocycles. The largest absolute Gasteiger partial charge is 0.480 e. The molecule has 0 radical (unpaired) electrons. The first-order valence-electron chi connectivity index (χ1n) is 19.4. The Labute approximate surface area is 312 Å². The van der Waals surface area contributed by atoms with Gasteiger partial charge in [-0.1, -0.05) is 115 Å². The molecule has 0 spiro atoms. The molecule has 0 aliphatic heterocycles. The van der Waals surface area contributed by atoms with E-state index in [0.717, 1.165) is 56.1 Å². The minimum atomic E-state index is -1.11. The van der Waals surface area contributed by atoms with E-state index >= 15 is 0 Å². The van der Waals surface area contributed by atoms with Crippen LogP contribution in [0, 0.1) is 11.8 Å². The van der Waals surface area contributed by atoms with Gasteiger partial charge < -0.3 is 20.5 Å². The number of nitrogens with one attached hydrogen (secondary N) is 2. The van der Waals surface area contributed by atoms with Crippen molar-refractivity contribution in [3.63, 3.8) is 0 Å². The molecule has 0 heterocycles. The summed E-state index contributed by atoms with van der Waals surface area (Å²) in [6, 6.07) is 13.8. The van der Waals surface area contributed by atoms with Gasteiger partial charge >= 0.3 is 5.97 Å². The average molecular weight is 721 g/mol. The normalized spacial score (nSPS) is 14.5. The maximum Gasteiger partial charge on any atom is 0.326 e. The van der Waals surface area contributed by atoms with Crippen LogP contribution in [-0.4, -0.2) is 58.2 Å². The van der Waals surface area contributed by atoms with Crippen LogP contribution in [0.4, 0.5) is 0 Å². The van der Waals surface area contributed by atoms with E-state index in [2.05, 4.69) is 41.8 Å². The van der Waals surface area contributed by atoms with Gasteiger partial charge in [-0.15, -0.1) is 0 Å². The molecule has 5 atom stereocenters. The quantitative estimate of drug-likeness (QED) is 0.0730. The van der Waals surface area contributed by atoms with E-state index in [9.17, 15) is 29.1 Å². The second-order valence-electron chi connectivity index (χ2n) is 15.2. The molecule has 0 saturated carbocycles. The molecular weight excluding hydrogens is 656 g/mol. The Kier molecular flexibility index (Phi) is 19.0. The maximum absolute atomic E-state index is 13.9. The third-order valence-electron chi connectivity index (χ3n) is 9.34. The standard InChI is InChI=1S/C43H64N2O7/c1-9-12-15-18-36(42(50)51)44-40(48)29(4)27-38(47)39(30(5)52-43(6,7)8)45-41(49)35(17-14-11-3)28-37(46)34-25-23-33(24-26-34)32-21-19-31(20-22-32)16-13-10-2/h19-26,29-30,35-36,39H,9-18,27-28H2,1-8H3,(H,44,48)(H,45,49)(H,50,51)/t29-,30-,35-,36+,39+/m1/s1. The van der Waals surface area contributed by atoms with Gasteiger partial charge in [0, 0.05) is 30.2 Å². The fourth-order valence-electron chi connectivity index (χ4n) is 6.26. The molecule has 0 aliphatic rings. The Bertz CT molecular complexity index is 1430. The number of amides is 2. The summed E-state index contributed by atoms with van der Waals surface area (Å²) in [6.45, 7) is 15.0. The van der Waals surface area contributed by atoms with E-state index in [0.29, 0.717) is 24.8 Å². The van der Waals surface area contributed by atoms with Gasteiger partial charge in [-0.3, -0.25) is 19.2 Å². The van der Waals surface area contributed by atoms with Gasteiger partial charge in [0.15, 0.2) is 11.6 Å². The van der Waals surface area contributed by atoms with Crippen LogP contribution in [0.3, 0.4) is 0 Å².